The number of hydrogen-bond acceptors (Lipinski definition) is 16. The van der Waals surface area contributed by atoms with Crippen molar-refractivity contribution in [1.29, 1.82) is 0 Å². The Morgan fingerprint density at radius 2 is 1.98 bits per heavy atom. The summed E-state index contributed by atoms with van der Waals surface area (Å²) in [4.78, 5) is 48.8. The minimum absolute atomic E-state index is 0.0166. The molecule has 0 saturated carbocycles. The maximum atomic E-state index is 13.1. The fraction of sp³-hybridized carbons (Fsp3) is 0.450. The third-order valence-corrected chi connectivity index (χ3v) is 12.6. The van der Waals surface area contributed by atoms with E-state index in [1.165, 1.54) is 51.5 Å². The molecule has 218 valence electrons. The number of carbonyl (C=O) groups excluding carboxylic acids is 2. The van der Waals surface area contributed by atoms with E-state index >= 15 is 0 Å². The first-order valence-electron chi connectivity index (χ1n) is 11.5. The molecule has 2 amide bonds. The Labute approximate surface area is 258 Å². The maximum Gasteiger partial charge on any atom is 0.353 e. The molecular weight excluding hydrogens is 660 g/mol. The molecule has 3 atom stereocenters. The fourth-order valence-corrected chi connectivity index (χ4v) is 10.6. The van der Waals surface area contributed by atoms with Crippen molar-refractivity contribution in [1.82, 2.24) is 25.7 Å². The Morgan fingerprint density at radius 1 is 1.23 bits per heavy atom. The van der Waals surface area contributed by atoms with Crippen LogP contribution >= 0.6 is 81.3 Å². The van der Waals surface area contributed by atoms with Gasteiger partial charge in [0.25, 0.3) is 5.91 Å². The molecule has 0 spiro atoms. The standard InChI is InChI=1S/C20H25ClN8O5S6/c21-13-9(27-19(24)39-13)10(28-34)14(30)26-11-15(31)29-12(17(32)33)8(6-37-16(11)29)38-18-7(5-35-3-1-22)25-20(40-18)36-4-2-23/h10-11,16,28,34H,1-6,22-23H2,(H2,24,27)(H,26,30)(H,32,33)/t10?,11-,16+/m1/s1. The second kappa shape index (κ2) is 14.3. The Hall–Kier alpha value is -1.26. The predicted molar refractivity (Wildman–Crippen MR) is 162 cm³/mol. The van der Waals surface area contributed by atoms with Crippen molar-refractivity contribution in [3.8, 4) is 0 Å². The second-order valence-electron chi connectivity index (χ2n) is 8.04. The Bertz CT molecular complexity index is 1310. The van der Waals surface area contributed by atoms with Crippen LogP contribution in [-0.2, 0) is 20.1 Å². The molecule has 2 aliphatic rings. The van der Waals surface area contributed by atoms with Gasteiger partial charge in [-0.25, -0.2) is 14.8 Å². The highest BCUT2D eigenvalue weighted by Gasteiger charge is 2.55. The predicted octanol–water partition coefficient (Wildman–Crippen LogP) is 1.59. The summed E-state index contributed by atoms with van der Waals surface area (Å²) in [5.74, 6) is -0.190. The molecule has 4 heterocycles. The highest BCUT2D eigenvalue weighted by atomic mass is 35.5. The monoisotopic (exact) mass is 684 g/mol. The number of aromatic nitrogens is 2. The number of nitrogens with zero attached hydrogens (tertiary/aromatic N) is 3. The number of thioether (sulfide) groups is 4. The molecule has 13 nitrogen and oxygen atoms in total. The van der Waals surface area contributed by atoms with E-state index in [0.717, 1.165) is 31.3 Å². The van der Waals surface area contributed by atoms with E-state index in [9.17, 15) is 24.7 Å². The number of amides is 2. The zero-order chi connectivity index (χ0) is 29.0. The highest BCUT2D eigenvalue weighted by Crippen LogP contribution is 2.48. The number of carboxylic acids is 1. The van der Waals surface area contributed by atoms with Crippen LogP contribution in [0.1, 0.15) is 17.4 Å². The van der Waals surface area contributed by atoms with Gasteiger partial charge in [-0.3, -0.25) is 14.5 Å². The minimum atomic E-state index is -1.37. The van der Waals surface area contributed by atoms with Crippen LogP contribution in [0.15, 0.2) is 19.2 Å². The van der Waals surface area contributed by atoms with E-state index in [4.69, 9.17) is 33.8 Å². The van der Waals surface area contributed by atoms with Gasteiger partial charge in [-0.1, -0.05) is 46.5 Å². The number of hydrogen-bond donors (Lipinski definition) is 7. The molecule has 10 N–H and O–H groups in total. The van der Waals surface area contributed by atoms with Gasteiger partial charge in [0, 0.05) is 41.0 Å². The number of β-lactam (4-membered cyclic amide) rings is 1. The molecule has 0 radical (unpaired) electrons. The van der Waals surface area contributed by atoms with Gasteiger partial charge in [-0.2, -0.15) is 17.2 Å². The number of hydroxylamine groups is 1. The van der Waals surface area contributed by atoms with E-state index in [1.807, 2.05) is 5.48 Å². The van der Waals surface area contributed by atoms with E-state index < -0.39 is 35.2 Å². The molecule has 1 saturated heterocycles. The first kappa shape index (κ1) is 31.7. The molecule has 4 rings (SSSR count). The average molecular weight is 685 g/mol. The molecule has 1 unspecified atom stereocenters. The van der Waals surface area contributed by atoms with Gasteiger partial charge in [0.2, 0.25) is 5.91 Å². The summed E-state index contributed by atoms with van der Waals surface area (Å²) in [5.41, 5.74) is 19.5. The number of fused-ring (bicyclic) bond motifs is 1. The lowest BCUT2D eigenvalue weighted by Gasteiger charge is -2.49. The van der Waals surface area contributed by atoms with E-state index in [0.29, 0.717) is 35.3 Å². The number of anilines is 1. The zero-order valence-corrected chi connectivity index (χ0v) is 26.1. The second-order valence-corrected chi connectivity index (χ2v) is 15.6. The van der Waals surface area contributed by atoms with Gasteiger partial charge < -0.3 is 32.8 Å². The molecule has 40 heavy (non-hydrogen) atoms. The lowest BCUT2D eigenvalue weighted by molar-refractivity contribution is -0.151. The summed E-state index contributed by atoms with van der Waals surface area (Å²) >= 11 is 14.3. The number of nitrogens with one attached hydrogen (secondary N) is 2. The Morgan fingerprint density at radius 3 is 2.60 bits per heavy atom. The van der Waals surface area contributed by atoms with Crippen molar-refractivity contribution in [2.45, 2.75) is 31.8 Å². The maximum absolute atomic E-state index is 13.1. The average Bonchev–Trinajstić information content (AvgIpc) is 3.47. The number of aliphatic carboxylic acids is 1. The van der Waals surface area contributed by atoms with Gasteiger partial charge in [0.15, 0.2) is 15.5 Å². The summed E-state index contributed by atoms with van der Waals surface area (Å²) < 4.78 is 1.80. The van der Waals surface area contributed by atoms with Gasteiger partial charge in [-0.15, -0.1) is 23.1 Å². The normalized spacial score (nSPS) is 19.4. The molecule has 0 aliphatic carbocycles. The zero-order valence-electron chi connectivity index (χ0n) is 20.5. The first-order chi connectivity index (χ1) is 19.2. The number of thiazole rings is 2. The van der Waals surface area contributed by atoms with Crippen LogP contribution in [0, 0.1) is 0 Å². The van der Waals surface area contributed by atoms with Crippen LogP contribution in [0.3, 0.4) is 0 Å². The number of carboxylic acid groups (broad SMARTS) is 1. The molecule has 0 bridgehead atoms. The number of nitrogens with two attached hydrogens (primary N) is 3. The van der Waals surface area contributed by atoms with Gasteiger partial charge in [-0.05, 0) is 0 Å². The molecule has 2 aromatic heterocycles. The Kier molecular flexibility index (Phi) is 11.3. The molecule has 2 aromatic rings. The van der Waals surface area contributed by atoms with Crippen LogP contribution in [0.2, 0.25) is 4.34 Å². The SMILES string of the molecule is NCCSCc1nc(SCCN)sc1SC1=C(C(=O)O)N2C(=O)[C@@H](NC(=O)C(NO)c3nc(N)sc3Cl)[C@@H]2SC1. The van der Waals surface area contributed by atoms with Crippen LogP contribution < -0.4 is 28.0 Å². The van der Waals surface area contributed by atoms with E-state index in [2.05, 4.69) is 10.3 Å². The summed E-state index contributed by atoms with van der Waals surface area (Å²) in [6.45, 7) is 1.04. The topological polar surface area (TPSA) is 223 Å². The molecular formula is C20H25ClN8O5S6. The lowest BCUT2D eigenvalue weighted by Crippen LogP contribution is -2.71. The minimum Gasteiger partial charge on any atom is -0.477 e. The molecule has 2 aliphatic heterocycles. The first-order valence-corrected chi connectivity index (χ1v) is 17.5. The number of nitrogen functional groups attached to an aromatic ring is 1. The van der Waals surface area contributed by atoms with Crippen molar-refractivity contribution in [2.75, 3.05) is 36.1 Å². The molecule has 20 heteroatoms. The third-order valence-electron chi connectivity index (χ3n) is 5.43. The fourth-order valence-electron chi connectivity index (χ4n) is 3.72. The largest absolute Gasteiger partial charge is 0.477 e. The van der Waals surface area contributed by atoms with Crippen molar-refractivity contribution in [2.24, 2.45) is 11.5 Å². The van der Waals surface area contributed by atoms with Gasteiger partial charge in [0.1, 0.15) is 27.1 Å². The van der Waals surface area contributed by atoms with Crippen LogP contribution in [0.5, 0.6) is 0 Å². The summed E-state index contributed by atoms with van der Waals surface area (Å²) in [5, 5.41) is 21.7. The van der Waals surface area contributed by atoms with Crippen molar-refractivity contribution in [3.05, 3.63) is 26.3 Å². The van der Waals surface area contributed by atoms with E-state index in [-0.39, 0.29) is 20.9 Å². The van der Waals surface area contributed by atoms with Gasteiger partial charge in [0.05, 0.1) is 9.90 Å². The Balaban J connectivity index is 1.52. The summed E-state index contributed by atoms with van der Waals surface area (Å²) in [6.07, 6.45) is 0. The lowest BCUT2D eigenvalue weighted by atomic mass is 10.0. The third kappa shape index (κ3) is 6.86. The number of carbonyl (C=O) groups is 3. The van der Waals surface area contributed by atoms with Crippen molar-refractivity contribution in [3.63, 3.8) is 0 Å². The number of halogens is 1. The van der Waals surface area contributed by atoms with Crippen molar-refractivity contribution >= 4 is 104 Å². The van der Waals surface area contributed by atoms with E-state index in [1.54, 1.807) is 11.8 Å². The molecule has 0 aromatic carbocycles. The molecule has 1 fully saturated rings. The smallest absolute Gasteiger partial charge is 0.353 e. The highest BCUT2D eigenvalue weighted by molar-refractivity contribution is 8.08. The van der Waals surface area contributed by atoms with Crippen LogP contribution in [0.4, 0.5) is 5.13 Å². The number of rotatable bonds is 14. The van der Waals surface area contributed by atoms with Crippen molar-refractivity contribution < 1.29 is 24.7 Å². The van der Waals surface area contributed by atoms with Crippen LogP contribution in [-0.4, -0.2) is 84.7 Å². The quantitative estimate of drug-likeness (QED) is 0.0649. The van der Waals surface area contributed by atoms with Crippen LogP contribution in [0.25, 0.3) is 0 Å². The summed E-state index contributed by atoms with van der Waals surface area (Å²) in [7, 11) is 0. The summed E-state index contributed by atoms with van der Waals surface area (Å²) in [6, 6.07) is -2.37. The van der Waals surface area contributed by atoms with Gasteiger partial charge >= 0.3 is 5.97 Å².